The molecule has 0 atom stereocenters. The highest BCUT2D eigenvalue weighted by Crippen LogP contribution is 2.27. The van der Waals surface area contributed by atoms with Crippen LogP contribution in [0.1, 0.15) is 39.5 Å². The Kier molecular flexibility index (Phi) is 6.98. The van der Waals surface area contributed by atoms with Crippen molar-refractivity contribution in [2.24, 2.45) is 0 Å². The molecular formula is C12H26N2O2S2. The number of rotatable bonds is 7. The lowest BCUT2D eigenvalue weighted by molar-refractivity contribution is 0.419. The van der Waals surface area contributed by atoms with E-state index >= 15 is 0 Å². The summed E-state index contributed by atoms with van der Waals surface area (Å²) in [6, 6.07) is 0.481. The molecule has 1 saturated carbocycles. The van der Waals surface area contributed by atoms with E-state index in [4.69, 9.17) is 0 Å². The van der Waals surface area contributed by atoms with Crippen LogP contribution in [-0.2, 0) is 10.0 Å². The summed E-state index contributed by atoms with van der Waals surface area (Å²) < 4.78 is 26.6. The van der Waals surface area contributed by atoms with Crippen molar-refractivity contribution < 1.29 is 8.42 Å². The molecule has 1 fully saturated rings. The lowest BCUT2D eigenvalue weighted by Crippen LogP contribution is -2.41. The molecule has 0 amide bonds. The van der Waals surface area contributed by atoms with Gasteiger partial charge >= 0.3 is 0 Å². The topological polar surface area (TPSA) is 58.2 Å². The SMILES string of the molecule is CSC1CCC(NS(=O)(=O)CCNC(C)C)CC1. The van der Waals surface area contributed by atoms with E-state index in [2.05, 4.69) is 16.3 Å². The van der Waals surface area contributed by atoms with E-state index in [0.717, 1.165) is 25.7 Å². The number of hydrogen-bond acceptors (Lipinski definition) is 4. The van der Waals surface area contributed by atoms with E-state index in [-0.39, 0.29) is 11.8 Å². The molecule has 1 aliphatic carbocycles. The van der Waals surface area contributed by atoms with Crippen LogP contribution < -0.4 is 10.0 Å². The summed E-state index contributed by atoms with van der Waals surface area (Å²) in [5.41, 5.74) is 0. The molecule has 1 rings (SSSR count). The Labute approximate surface area is 116 Å². The second kappa shape index (κ2) is 7.72. The first-order valence-corrected chi connectivity index (χ1v) is 9.63. The number of nitrogens with one attached hydrogen (secondary N) is 2. The predicted octanol–water partition coefficient (Wildman–Crippen LogP) is 1.58. The molecule has 0 heterocycles. The zero-order valence-corrected chi connectivity index (χ0v) is 13.2. The minimum atomic E-state index is -3.12. The zero-order chi connectivity index (χ0) is 13.6. The molecule has 0 radical (unpaired) electrons. The number of thioether (sulfide) groups is 1. The molecule has 0 aromatic rings. The maximum atomic E-state index is 11.9. The zero-order valence-electron chi connectivity index (χ0n) is 11.6. The Morgan fingerprint density at radius 3 is 2.33 bits per heavy atom. The van der Waals surface area contributed by atoms with Gasteiger partial charge in [0.25, 0.3) is 0 Å². The van der Waals surface area contributed by atoms with Gasteiger partial charge < -0.3 is 5.32 Å². The Balaban J connectivity index is 2.28. The standard InChI is InChI=1S/C12H26N2O2S2/c1-10(2)13-8-9-18(15,16)14-11-4-6-12(17-3)7-5-11/h10-14H,4-9H2,1-3H3. The van der Waals surface area contributed by atoms with Gasteiger partial charge in [-0.2, -0.15) is 11.8 Å². The summed E-state index contributed by atoms with van der Waals surface area (Å²) in [4.78, 5) is 0. The van der Waals surface area contributed by atoms with E-state index in [1.807, 2.05) is 25.6 Å². The fraction of sp³-hybridized carbons (Fsp3) is 1.00. The van der Waals surface area contributed by atoms with Crippen LogP contribution in [0.25, 0.3) is 0 Å². The Morgan fingerprint density at radius 1 is 1.22 bits per heavy atom. The summed E-state index contributed by atoms with van der Waals surface area (Å²) >= 11 is 1.90. The Bertz CT molecular complexity index is 323. The lowest BCUT2D eigenvalue weighted by atomic mass is 9.96. The fourth-order valence-corrected chi connectivity index (χ4v) is 4.20. The molecular weight excluding hydrogens is 268 g/mol. The largest absolute Gasteiger partial charge is 0.313 e. The first-order chi connectivity index (χ1) is 8.43. The summed E-state index contributed by atoms with van der Waals surface area (Å²) in [6.07, 6.45) is 6.33. The molecule has 2 N–H and O–H groups in total. The van der Waals surface area contributed by atoms with Gasteiger partial charge in [0.1, 0.15) is 0 Å². The molecule has 0 aliphatic heterocycles. The highest BCUT2D eigenvalue weighted by Gasteiger charge is 2.24. The van der Waals surface area contributed by atoms with Crippen molar-refractivity contribution in [1.29, 1.82) is 0 Å². The van der Waals surface area contributed by atoms with Gasteiger partial charge in [-0.1, -0.05) is 13.8 Å². The first kappa shape index (κ1) is 16.3. The van der Waals surface area contributed by atoms with Gasteiger partial charge in [-0.25, -0.2) is 13.1 Å². The smallest absolute Gasteiger partial charge is 0.213 e. The van der Waals surface area contributed by atoms with Crippen LogP contribution in [-0.4, -0.2) is 44.3 Å². The minimum absolute atomic E-state index is 0.150. The van der Waals surface area contributed by atoms with Crippen LogP contribution in [0.15, 0.2) is 0 Å². The van der Waals surface area contributed by atoms with E-state index in [9.17, 15) is 8.42 Å². The normalized spacial score (nSPS) is 25.6. The van der Waals surface area contributed by atoms with E-state index in [1.165, 1.54) is 0 Å². The molecule has 6 heteroatoms. The summed E-state index contributed by atoms with van der Waals surface area (Å²) in [7, 11) is -3.12. The van der Waals surface area contributed by atoms with E-state index in [0.29, 0.717) is 17.8 Å². The quantitative estimate of drug-likeness (QED) is 0.748. The van der Waals surface area contributed by atoms with Gasteiger partial charge in [-0.15, -0.1) is 0 Å². The van der Waals surface area contributed by atoms with E-state index < -0.39 is 10.0 Å². The molecule has 0 aromatic heterocycles. The van der Waals surface area contributed by atoms with Crippen LogP contribution in [0, 0.1) is 0 Å². The highest BCUT2D eigenvalue weighted by atomic mass is 32.2. The third-order valence-electron chi connectivity index (χ3n) is 3.28. The fourth-order valence-electron chi connectivity index (χ4n) is 2.21. The monoisotopic (exact) mass is 294 g/mol. The first-order valence-electron chi connectivity index (χ1n) is 6.69. The van der Waals surface area contributed by atoms with Crippen LogP contribution in [0.4, 0.5) is 0 Å². The van der Waals surface area contributed by atoms with Crippen LogP contribution in [0.5, 0.6) is 0 Å². The van der Waals surface area contributed by atoms with Crippen LogP contribution in [0.2, 0.25) is 0 Å². The van der Waals surface area contributed by atoms with Gasteiger partial charge in [0.15, 0.2) is 0 Å². The third kappa shape index (κ3) is 6.41. The Hall–Kier alpha value is 0.220. The van der Waals surface area contributed by atoms with Crippen LogP contribution >= 0.6 is 11.8 Å². The third-order valence-corrected chi connectivity index (χ3v) is 5.85. The van der Waals surface area contributed by atoms with Crippen molar-refractivity contribution in [2.75, 3.05) is 18.6 Å². The van der Waals surface area contributed by atoms with Gasteiger partial charge in [0, 0.05) is 23.9 Å². The van der Waals surface area contributed by atoms with Crippen molar-refractivity contribution in [3.63, 3.8) is 0 Å². The molecule has 18 heavy (non-hydrogen) atoms. The molecule has 4 nitrogen and oxygen atoms in total. The average molecular weight is 294 g/mol. The maximum absolute atomic E-state index is 11.9. The van der Waals surface area contributed by atoms with Gasteiger partial charge in [-0.05, 0) is 31.9 Å². The van der Waals surface area contributed by atoms with Crippen molar-refractivity contribution in [3.05, 3.63) is 0 Å². The van der Waals surface area contributed by atoms with E-state index in [1.54, 1.807) is 0 Å². The minimum Gasteiger partial charge on any atom is -0.313 e. The molecule has 0 bridgehead atoms. The molecule has 108 valence electrons. The highest BCUT2D eigenvalue weighted by molar-refractivity contribution is 7.99. The molecule has 0 saturated heterocycles. The van der Waals surface area contributed by atoms with Crippen LogP contribution in [0.3, 0.4) is 0 Å². The van der Waals surface area contributed by atoms with Gasteiger partial charge in [-0.3, -0.25) is 0 Å². The second-order valence-corrected chi connectivity index (χ2v) is 8.27. The number of sulfonamides is 1. The van der Waals surface area contributed by atoms with Crippen molar-refractivity contribution >= 4 is 21.8 Å². The average Bonchev–Trinajstić information content (AvgIpc) is 2.28. The number of hydrogen-bond donors (Lipinski definition) is 2. The predicted molar refractivity (Wildman–Crippen MR) is 79.6 cm³/mol. The second-order valence-electron chi connectivity index (χ2n) is 5.25. The maximum Gasteiger partial charge on any atom is 0.213 e. The molecule has 0 spiro atoms. The van der Waals surface area contributed by atoms with Gasteiger partial charge in [0.05, 0.1) is 5.75 Å². The molecule has 0 unspecified atom stereocenters. The van der Waals surface area contributed by atoms with Crippen molar-refractivity contribution in [1.82, 2.24) is 10.0 Å². The Morgan fingerprint density at radius 2 is 1.83 bits per heavy atom. The molecule has 0 aromatic carbocycles. The lowest BCUT2D eigenvalue weighted by Gasteiger charge is -2.27. The summed E-state index contributed by atoms with van der Waals surface area (Å²) in [6.45, 7) is 4.56. The van der Waals surface area contributed by atoms with Crippen molar-refractivity contribution in [2.45, 2.75) is 56.9 Å². The summed E-state index contributed by atoms with van der Waals surface area (Å²) in [5.74, 6) is 0.174. The molecule has 1 aliphatic rings. The summed E-state index contributed by atoms with van der Waals surface area (Å²) in [5, 5.41) is 3.85. The van der Waals surface area contributed by atoms with Gasteiger partial charge in [0.2, 0.25) is 10.0 Å². The van der Waals surface area contributed by atoms with Crippen molar-refractivity contribution in [3.8, 4) is 0 Å².